The number of benzene rings is 1. The fourth-order valence-electron chi connectivity index (χ4n) is 1.58. The molecule has 5 heteroatoms. The van der Waals surface area contributed by atoms with Crippen molar-refractivity contribution in [2.24, 2.45) is 0 Å². The van der Waals surface area contributed by atoms with Crippen LogP contribution in [0.15, 0.2) is 57.7 Å². The van der Waals surface area contributed by atoms with E-state index in [1.165, 1.54) is 0 Å². The molecule has 0 bridgehead atoms. The first-order valence-corrected chi connectivity index (χ1v) is 6.63. The maximum atomic E-state index is 5.53. The van der Waals surface area contributed by atoms with E-state index in [0.717, 1.165) is 15.6 Å². The van der Waals surface area contributed by atoms with Gasteiger partial charge in [0.05, 0.1) is 5.56 Å². The summed E-state index contributed by atoms with van der Waals surface area (Å²) in [6.07, 6.45) is 3.38. The van der Waals surface area contributed by atoms with E-state index in [4.69, 9.17) is 4.42 Å². The Labute approximate surface area is 124 Å². The van der Waals surface area contributed by atoms with Crippen LogP contribution in [0, 0.1) is 11.8 Å². The van der Waals surface area contributed by atoms with E-state index in [9.17, 15) is 0 Å². The van der Waals surface area contributed by atoms with Crippen molar-refractivity contribution in [2.75, 3.05) is 0 Å². The van der Waals surface area contributed by atoms with Crippen LogP contribution in [0.3, 0.4) is 0 Å². The highest BCUT2D eigenvalue weighted by Crippen LogP contribution is 2.26. The largest absolute Gasteiger partial charge is 0.410 e. The molecule has 1 aromatic carbocycles. The van der Waals surface area contributed by atoms with Crippen molar-refractivity contribution >= 4 is 15.9 Å². The third kappa shape index (κ3) is 2.76. The van der Waals surface area contributed by atoms with Crippen molar-refractivity contribution in [1.82, 2.24) is 15.2 Å². The Bertz CT molecular complexity index is 787. The predicted molar refractivity (Wildman–Crippen MR) is 77.7 cm³/mol. The number of pyridine rings is 1. The van der Waals surface area contributed by atoms with Gasteiger partial charge in [0.2, 0.25) is 5.89 Å². The molecular weight excluding hydrogens is 318 g/mol. The monoisotopic (exact) mass is 325 g/mol. The van der Waals surface area contributed by atoms with Crippen LogP contribution in [0.4, 0.5) is 0 Å². The average molecular weight is 326 g/mol. The molecule has 96 valence electrons. The van der Waals surface area contributed by atoms with Gasteiger partial charge >= 0.3 is 0 Å². The minimum absolute atomic E-state index is 0.277. The molecule has 3 rings (SSSR count). The molecule has 0 aliphatic rings. The van der Waals surface area contributed by atoms with E-state index in [1.807, 2.05) is 36.4 Å². The predicted octanol–water partition coefficient (Wildman–Crippen LogP) is 3.29. The summed E-state index contributed by atoms with van der Waals surface area (Å²) in [5.74, 6) is 6.46. The SMILES string of the molecule is Brc1ccccc1-c1nnc(C#Cc2cccnc2)o1. The quantitative estimate of drug-likeness (QED) is 0.644. The molecule has 0 fully saturated rings. The Morgan fingerprint density at radius 3 is 2.70 bits per heavy atom. The molecule has 20 heavy (non-hydrogen) atoms. The first-order chi connectivity index (χ1) is 9.83. The van der Waals surface area contributed by atoms with Gasteiger partial charge in [-0.2, -0.15) is 0 Å². The first kappa shape index (κ1) is 12.6. The van der Waals surface area contributed by atoms with Crippen LogP contribution >= 0.6 is 15.9 Å². The lowest BCUT2D eigenvalue weighted by molar-refractivity contribution is 0.554. The fraction of sp³-hybridized carbons (Fsp3) is 0. The lowest BCUT2D eigenvalue weighted by atomic mass is 10.2. The smallest absolute Gasteiger partial charge is 0.294 e. The topological polar surface area (TPSA) is 51.8 Å². The van der Waals surface area contributed by atoms with E-state index in [0.29, 0.717) is 5.89 Å². The highest BCUT2D eigenvalue weighted by atomic mass is 79.9. The van der Waals surface area contributed by atoms with Crippen LogP contribution in [0.5, 0.6) is 0 Å². The zero-order chi connectivity index (χ0) is 13.8. The van der Waals surface area contributed by atoms with Gasteiger partial charge in [0, 0.05) is 22.4 Å². The Morgan fingerprint density at radius 2 is 1.90 bits per heavy atom. The molecule has 0 radical (unpaired) electrons. The maximum Gasteiger partial charge on any atom is 0.294 e. The number of rotatable bonds is 1. The van der Waals surface area contributed by atoms with Gasteiger partial charge in [-0.3, -0.25) is 4.98 Å². The van der Waals surface area contributed by atoms with Crippen LogP contribution < -0.4 is 0 Å². The van der Waals surface area contributed by atoms with E-state index in [2.05, 4.69) is 43.0 Å². The lowest BCUT2D eigenvalue weighted by Crippen LogP contribution is -1.78. The molecule has 0 amide bonds. The third-order valence-electron chi connectivity index (χ3n) is 2.50. The molecule has 4 nitrogen and oxygen atoms in total. The highest BCUT2D eigenvalue weighted by Gasteiger charge is 2.09. The molecular formula is C15H8BrN3O. The fourth-order valence-corrected chi connectivity index (χ4v) is 2.03. The summed E-state index contributed by atoms with van der Waals surface area (Å²) in [5, 5.41) is 7.91. The van der Waals surface area contributed by atoms with Gasteiger partial charge in [0.25, 0.3) is 5.89 Å². The molecule has 0 spiro atoms. The first-order valence-electron chi connectivity index (χ1n) is 5.83. The van der Waals surface area contributed by atoms with E-state index < -0.39 is 0 Å². The summed E-state index contributed by atoms with van der Waals surface area (Å²) in [5.41, 5.74) is 1.64. The Hall–Kier alpha value is -2.45. The molecule has 3 aromatic rings. The van der Waals surface area contributed by atoms with E-state index in [1.54, 1.807) is 12.4 Å². The molecule has 0 saturated heterocycles. The number of hydrogen-bond acceptors (Lipinski definition) is 4. The Kier molecular flexibility index (Phi) is 3.57. The lowest BCUT2D eigenvalue weighted by Gasteiger charge is -1.96. The van der Waals surface area contributed by atoms with Crippen molar-refractivity contribution < 1.29 is 4.42 Å². The normalized spacial score (nSPS) is 9.85. The number of hydrogen-bond donors (Lipinski definition) is 0. The van der Waals surface area contributed by atoms with Crippen LogP contribution in [-0.4, -0.2) is 15.2 Å². The number of halogens is 1. The summed E-state index contributed by atoms with van der Waals surface area (Å²) in [7, 11) is 0. The van der Waals surface area contributed by atoms with Crippen molar-refractivity contribution in [3.05, 3.63) is 64.7 Å². The van der Waals surface area contributed by atoms with Crippen molar-refractivity contribution in [3.63, 3.8) is 0 Å². The van der Waals surface area contributed by atoms with Gasteiger partial charge in [0.1, 0.15) is 0 Å². The van der Waals surface area contributed by atoms with Crippen molar-refractivity contribution in [3.8, 4) is 23.3 Å². The third-order valence-corrected chi connectivity index (χ3v) is 3.20. The average Bonchev–Trinajstić information content (AvgIpc) is 2.95. The molecule has 0 atom stereocenters. The summed E-state index contributed by atoms with van der Waals surface area (Å²) < 4.78 is 6.42. The standard InChI is InChI=1S/C15H8BrN3O/c16-13-6-2-1-5-12(13)15-19-18-14(20-15)8-7-11-4-3-9-17-10-11/h1-6,9-10H. The summed E-state index contributed by atoms with van der Waals surface area (Å²) >= 11 is 3.45. The minimum atomic E-state index is 0.277. The maximum absolute atomic E-state index is 5.53. The molecule has 0 aliphatic heterocycles. The van der Waals surface area contributed by atoms with Gasteiger partial charge in [-0.05, 0) is 46.1 Å². The molecule has 0 unspecified atom stereocenters. The van der Waals surface area contributed by atoms with Gasteiger partial charge in [-0.15, -0.1) is 5.10 Å². The number of nitrogens with zero attached hydrogens (tertiary/aromatic N) is 3. The summed E-state index contributed by atoms with van der Waals surface area (Å²) in [4.78, 5) is 3.99. The number of aromatic nitrogens is 3. The second-order valence-corrected chi connectivity index (χ2v) is 4.74. The minimum Gasteiger partial charge on any atom is -0.410 e. The van der Waals surface area contributed by atoms with E-state index >= 15 is 0 Å². The van der Waals surface area contributed by atoms with Crippen LogP contribution in [0.2, 0.25) is 0 Å². The molecule has 0 N–H and O–H groups in total. The summed E-state index contributed by atoms with van der Waals surface area (Å²) in [6.45, 7) is 0. The van der Waals surface area contributed by atoms with Crippen LogP contribution in [0.25, 0.3) is 11.5 Å². The molecule has 0 aliphatic carbocycles. The van der Waals surface area contributed by atoms with Gasteiger partial charge in [0.15, 0.2) is 0 Å². The van der Waals surface area contributed by atoms with Gasteiger partial charge in [-0.25, -0.2) is 0 Å². The molecule has 0 saturated carbocycles. The summed E-state index contributed by atoms with van der Waals surface area (Å²) in [6, 6.07) is 11.3. The van der Waals surface area contributed by atoms with Crippen LogP contribution in [-0.2, 0) is 0 Å². The Morgan fingerprint density at radius 1 is 1.00 bits per heavy atom. The van der Waals surface area contributed by atoms with Gasteiger partial charge < -0.3 is 4.42 Å². The Balaban J connectivity index is 1.89. The molecule has 2 aromatic heterocycles. The van der Waals surface area contributed by atoms with Gasteiger partial charge in [-0.1, -0.05) is 23.2 Å². The second-order valence-electron chi connectivity index (χ2n) is 3.88. The van der Waals surface area contributed by atoms with Crippen LogP contribution in [0.1, 0.15) is 11.5 Å². The van der Waals surface area contributed by atoms with Crippen molar-refractivity contribution in [1.29, 1.82) is 0 Å². The zero-order valence-corrected chi connectivity index (χ0v) is 11.8. The van der Waals surface area contributed by atoms with Crippen molar-refractivity contribution in [2.45, 2.75) is 0 Å². The molecule has 2 heterocycles. The second kappa shape index (κ2) is 5.68. The zero-order valence-electron chi connectivity index (χ0n) is 10.2. The highest BCUT2D eigenvalue weighted by molar-refractivity contribution is 9.10. The van der Waals surface area contributed by atoms with E-state index in [-0.39, 0.29) is 5.89 Å².